The molecule has 1 N–H and O–H groups in total. The number of thioether (sulfide) groups is 1. The van der Waals surface area contributed by atoms with Crippen LogP contribution in [0.1, 0.15) is 5.89 Å². The second-order valence-corrected chi connectivity index (χ2v) is 4.64. The van der Waals surface area contributed by atoms with E-state index in [0.717, 1.165) is 23.9 Å². The molecule has 20 heavy (non-hydrogen) atoms. The van der Waals surface area contributed by atoms with Crippen LogP contribution in [0.15, 0.2) is 16.7 Å². The molecule has 0 bridgehead atoms. The highest BCUT2D eigenvalue weighted by Crippen LogP contribution is 2.22. The Kier molecular flexibility index (Phi) is 4.28. The van der Waals surface area contributed by atoms with Gasteiger partial charge in [0.05, 0.1) is 11.5 Å². The summed E-state index contributed by atoms with van der Waals surface area (Å²) in [5.41, 5.74) is -0.0698. The third-order valence-electron chi connectivity index (χ3n) is 2.16. The number of halogens is 3. The predicted octanol–water partition coefficient (Wildman–Crippen LogP) is 2.47. The van der Waals surface area contributed by atoms with Crippen LogP contribution in [0.5, 0.6) is 0 Å². The fourth-order valence-electron chi connectivity index (χ4n) is 1.34. The van der Waals surface area contributed by atoms with Crippen molar-refractivity contribution in [1.82, 2.24) is 10.1 Å². The molecule has 0 aliphatic carbocycles. The molecule has 9 heteroatoms. The van der Waals surface area contributed by atoms with Gasteiger partial charge in [-0.2, -0.15) is 4.98 Å². The van der Waals surface area contributed by atoms with Crippen molar-refractivity contribution in [2.75, 3.05) is 5.75 Å². The number of benzene rings is 1. The Morgan fingerprint density at radius 1 is 1.30 bits per heavy atom. The molecule has 2 rings (SSSR count). The Balaban J connectivity index is 2.14. The van der Waals surface area contributed by atoms with Gasteiger partial charge in [-0.25, -0.2) is 13.2 Å². The molecule has 2 aromatic rings. The zero-order valence-electron chi connectivity index (χ0n) is 9.77. The SMILES string of the molecule is O=C(O)CSCc1nc(-c2cc(F)c(F)c(F)c2)no1. The number of rotatable bonds is 5. The summed E-state index contributed by atoms with van der Waals surface area (Å²) in [6.07, 6.45) is 0. The molecule has 0 spiro atoms. The molecule has 5 nitrogen and oxygen atoms in total. The summed E-state index contributed by atoms with van der Waals surface area (Å²) >= 11 is 1.03. The molecule has 0 unspecified atom stereocenters. The molecule has 1 aromatic carbocycles. The van der Waals surface area contributed by atoms with E-state index in [4.69, 9.17) is 9.63 Å². The van der Waals surface area contributed by atoms with Crippen molar-refractivity contribution in [3.05, 3.63) is 35.5 Å². The van der Waals surface area contributed by atoms with E-state index in [0.29, 0.717) is 0 Å². The molecule has 0 aliphatic heterocycles. The van der Waals surface area contributed by atoms with E-state index in [-0.39, 0.29) is 28.8 Å². The third kappa shape index (κ3) is 3.29. The van der Waals surface area contributed by atoms with Crippen LogP contribution in [0.2, 0.25) is 0 Å². The Morgan fingerprint density at radius 3 is 2.55 bits per heavy atom. The maximum atomic E-state index is 13.1. The van der Waals surface area contributed by atoms with Gasteiger partial charge in [0, 0.05) is 5.56 Å². The summed E-state index contributed by atoms with van der Waals surface area (Å²) < 4.78 is 43.7. The first-order valence-corrected chi connectivity index (χ1v) is 6.40. The minimum Gasteiger partial charge on any atom is -0.481 e. The van der Waals surface area contributed by atoms with Crippen molar-refractivity contribution in [2.45, 2.75) is 5.75 Å². The smallest absolute Gasteiger partial charge is 0.313 e. The number of carbonyl (C=O) groups is 1. The predicted molar refractivity (Wildman–Crippen MR) is 63.4 cm³/mol. The molecule has 0 saturated carbocycles. The van der Waals surface area contributed by atoms with Crippen molar-refractivity contribution in [3.8, 4) is 11.4 Å². The second kappa shape index (κ2) is 5.95. The number of nitrogens with zero attached hydrogens (tertiary/aromatic N) is 2. The Labute approximate surface area is 114 Å². The van der Waals surface area contributed by atoms with Gasteiger partial charge in [0.25, 0.3) is 0 Å². The highest BCUT2D eigenvalue weighted by molar-refractivity contribution is 7.99. The molecule has 1 aromatic heterocycles. The van der Waals surface area contributed by atoms with E-state index < -0.39 is 23.4 Å². The fraction of sp³-hybridized carbons (Fsp3) is 0.182. The molecular weight excluding hydrogens is 297 g/mol. The van der Waals surface area contributed by atoms with Gasteiger partial charge in [-0.15, -0.1) is 11.8 Å². The van der Waals surface area contributed by atoms with Crippen LogP contribution < -0.4 is 0 Å². The largest absolute Gasteiger partial charge is 0.481 e. The van der Waals surface area contributed by atoms with Crippen LogP contribution in [0.3, 0.4) is 0 Å². The van der Waals surface area contributed by atoms with Gasteiger partial charge in [-0.3, -0.25) is 4.79 Å². The number of carboxylic acid groups (broad SMARTS) is 1. The summed E-state index contributed by atoms with van der Waals surface area (Å²) in [7, 11) is 0. The summed E-state index contributed by atoms with van der Waals surface area (Å²) in [6, 6.07) is 1.49. The first-order valence-electron chi connectivity index (χ1n) is 5.24. The first-order chi connectivity index (χ1) is 9.47. The number of carboxylic acids is 1. The number of hydrogen-bond acceptors (Lipinski definition) is 5. The normalized spacial score (nSPS) is 10.8. The number of aliphatic carboxylic acids is 1. The van der Waals surface area contributed by atoms with E-state index in [2.05, 4.69) is 10.1 Å². The van der Waals surface area contributed by atoms with Gasteiger partial charge in [-0.1, -0.05) is 5.16 Å². The van der Waals surface area contributed by atoms with Crippen LogP contribution in [-0.2, 0) is 10.5 Å². The third-order valence-corrected chi connectivity index (χ3v) is 3.06. The molecule has 0 fully saturated rings. The summed E-state index contributed by atoms with van der Waals surface area (Å²) in [5.74, 6) is -5.27. The lowest BCUT2D eigenvalue weighted by molar-refractivity contribution is -0.133. The minimum atomic E-state index is -1.57. The standard InChI is InChI=1S/C11H7F3N2O3S/c12-6-1-5(2-7(13)10(6)14)11-15-8(19-16-11)3-20-4-9(17)18/h1-2H,3-4H2,(H,17,18). The molecule has 0 atom stereocenters. The highest BCUT2D eigenvalue weighted by atomic mass is 32.2. The van der Waals surface area contributed by atoms with E-state index in [1.807, 2.05) is 0 Å². The van der Waals surface area contributed by atoms with Crippen LogP contribution in [-0.4, -0.2) is 27.0 Å². The second-order valence-electron chi connectivity index (χ2n) is 3.65. The maximum Gasteiger partial charge on any atom is 0.313 e. The molecule has 1 heterocycles. The quantitative estimate of drug-likeness (QED) is 0.855. The lowest BCUT2D eigenvalue weighted by Crippen LogP contribution is -1.98. The Hall–Kier alpha value is -2.03. The van der Waals surface area contributed by atoms with Crippen LogP contribution in [0.4, 0.5) is 13.2 Å². The average Bonchev–Trinajstić information content (AvgIpc) is 2.83. The van der Waals surface area contributed by atoms with Crippen LogP contribution in [0.25, 0.3) is 11.4 Å². The molecule has 0 amide bonds. The van der Waals surface area contributed by atoms with Crippen molar-refractivity contribution in [2.24, 2.45) is 0 Å². The average molecular weight is 304 g/mol. The Morgan fingerprint density at radius 2 is 1.95 bits per heavy atom. The lowest BCUT2D eigenvalue weighted by atomic mass is 10.2. The van der Waals surface area contributed by atoms with E-state index in [1.54, 1.807) is 0 Å². The number of aromatic nitrogens is 2. The van der Waals surface area contributed by atoms with Crippen LogP contribution in [0, 0.1) is 17.5 Å². The zero-order chi connectivity index (χ0) is 14.7. The lowest BCUT2D eigenvalue weighted by Gasteiger charge is -1.98. The van der Waals surface area contributed by atoms with Gasteiger partial charge in [-0.05, 0) is 12.1 Å². The van der Waals surface area contributed by atoms with Crippen molar-refractivity contribution < 1.29 is 27.6 Å². The maximum absolute atomic E-state index is 13.1. The monoisotopic (exact) mass is 304 g/mol. The Bertz CT molecular complexity index is 625. The van der Waals surface area contributed by atoms with Gasteiger partial charge in [0.2, 0.25) is 11.7 Å². The topological polar surface area (TPSA) is 76.2 Å². The highest BCUT2D eigenvalue weighted by Gasteiger charge is 2.15. The first kappa shape index (κ1) is 14.4. The van der Waals surface area contributed by atoms with Gasteiger partial charge in [0.15, 0.2) is 17.5 Å². The van der Waals surface area contributed by atoms with E-state index in [1.165, 1.54) is 0 Å². The van der Waals surface area contributed by atoms with Crippen molar-refractivity contribution in [3.63, 3.8) is 0 Å². The minimum absolute atomic E-state index is 0.0698. The molecule has 0 aliphatic rings. The van der Waals surface area contributed by atoms with Gasteiger partial charge < -0.3 is 9.63 Å². The summed E-state index contributed by atoms with van der Waals surface area (Å²) in [4.78, 5) is 14.2. The molecule has 0 radical (unpaired) electrons. The van der Waals surface area contributed by atoms with E-state index >= 15 is 0 Å². The molecule has 106 valence electrons. The van der Waals surface area contributed by atoms with Gasteiger partial charge in [0.1, 0.15) is 0 Å². The van der Waals surface area contributed by atoms with E-state index in [9.17, 15) is 18.0 Å². The molecular formula is C11H7F3N2O3S. The zero-order valence-corrected chi connectivity index (χ0v) is 10.6. The molecule has 0 saturated heterocycles. The van der Waals surface area contributed by atoms with Crippen molar-refractivity contribution in [1.29, 1.82) is 0 Å². The van der Waals surface area contributed by atoms with Gasteiger partial charge >= 0.3 is 5.97 Å². The number of hydrogen-bond donors (Lipinski definition) is 1. The fourth-order valence-corrected chi connectivity index (χ4v) is 1.91. The summed E-state index contributed by atoms with van der Waals surface area (Å²) in [5, 5.41) is 11.9. The summed E-state index contributed by atoms with van der Waals surface area (Å²) in [6.45, 7) is 0. The van der Waals surface area contributed by atoms with Crippen LogP contribution >= 0.6 is 11.8 Å². The van der Waals surface area contributed by atoms with Crippen molar-refractivity contribution >= 4 is 17.7 Å².